The largest absolute Gasteiger partial charge is 0.456 e. The summed E-state index contributed by atoms with van der Waals surface area (Å²) in [5, 5.41) is 0. The molecular formula is C32H34N4O3. The van der Waals surface area contributed by atoms with Crippen LogP contribution in [0.5, 0.6) is 0 Å². The van der Waals surface area contributed by atoms with Crippen molar-refractivity contribution in [1.29, 1.82) is 0 Å². The lowest BCUT2D eigenvalue weighted by atomic mass is 9.98. The summed E-state index contributed by atoms with van der Waals surface area (Å²) in [6, 6.07) is 19.5. The van der Waals surface area contributed by atoms with Crippen molar-refractivity contribution in [2.75, 3.05) is 19.0 Å². The van der Waals surface area contributed by atoms with Crippen LogP contribution in [0.2, 0.25) is 0 Å². The second-order valence-corrected chi connectivity index (χ2v) is 10.5. The molecule has 0 atom stereocenters. The zero-order valence-electron chi connectivity index (χ0n) is 23.4. The lowest BCUT2D eigenvalue weighted by molar-refractivity contribution is 0.00704. The quantitative estimate of drug-likeness (QED) is 0.139. The smallest absolute Gasteiger partial charge is 0.339 e. The van der Waals surface area contributed by atoms with E-state index in [0.717, 1.165) is 40.1 Å². The van der Waals surface area contributed by atoms with E-state index >= 15 is 0 Å². The number of ether oxygens (including phenoxy) is 1. The predicted octanol–water partition coefficient (Wildman–Crippen LogP) is 7.16. The predicted molar refractivity (Wildman–Crippen MR) is 157 cm³/mol. The number of allylic oxidation sites excluding steroid dienone is 1. The molecule has 39 heavy (non-hydrogen) atoms. The molecule has 0 amide bonds. The van der Waals surface area contributed by atoms with Gasteiger partial charge in [-0.2, -0.15) is 4.99 Å². The fourth-order valence-corrected chi connectivity index (χ4v) is 4.34. The van der Waals surface area contributed by atoms with E-state index in [1.807, 2.05) is 82.2 Å². The Morgan fingerprint density at radius 2 is 1.82 bits per heavy atom. The normalized spacial score (nSPS) is 11.5. The van der Waals surface area contributed by atoms with Gasteiger partial charge in [0, 0.05) is 26.3 Å². The maximum absolute atomic E-state index is 12.9. The number of hydrogen-bond acceptors (Lipinski definition) is 6. The summed E-state index contributed by atoms with van der Waals surface area (Å²) in [4.78, 5) is 34.7. The molecule has 1 heterocycles. The number of nitrogens with zero attached hydrogens (tertiary/aromatic N) is 4. The third-order valence-corrected chi connectivity index (χ3v) is 6.18. The number of carbonyl (C=O) groups is 1. The SMILES string of the molecule is CC/C=C/c1nc2c(N=C=O)cc(N(C)C)cc2n1Cc1ccc(-c2ccccc2C(=O)OC(C)(C)C)cc1. The van der Waals surface area contributed by atoms with Crippen LogP contribution >= 0.6 is 0 Å². The van der Waals surface area contributed by atoms with Gasteiger partial charge in [-0.3, -0.25) is 0 Å². The number of aromatic nitrogens is 2. The summed E-state index contributed by atoms with van der Waals surface area (Å²) in [5.74, 6) is 0.439. The molecule has 0 aliphatic rings. The Hall–Kier alpha value is -4.48. The lowest BCUT2D eigenvalue weighted by Crippen LogP contribution is -2.24. The van der Waals surface area contributed by atoms with Gasteiger partial charge in [0.1, 0.15) is 22.6 Å². The van der Waals surface area contributed by atoms with Gasteiger partial charge >= 0.3 is 5.97 Å². The zero-order chi connectivity index (χ0) is 28.2. The van der Waals surface area contributed by atoms with Gasteiger partial charge in [-0.1, -0.05) is 55.5 Å². The molecule has 0 unspecified atom stereocenters. The van der Waals surface area contributed by atoms with Crippen LogP contribution < -0.4 is 4.90 Å². The van der Waals surface area contributed by atoms with Crippen molar-refractivity contribution in [3.63, 3.8) is 0 Å². The second-order valence-electron chi connectivity index (χ2n) is 10.5. The van der Waals surface area contributed by atoms with E-state index in [1.165, 1.54) is 0 Å². The average Bonchev–Trinajstić information content (AvgIpc) is 3.24. The number of carbonyl (C=O) groups excluding carboxylic acids is 2. The molecule has 0 N–H and O–H groups in total. The van der Waals surface area contributed by atoms with Crippen molar-refractivity contribution in [2.24, 2.45) is 4.99 Å². The molecular weight excluding hydrogens is 488 g/mol. The summed E-state index contributed by atoms with van der Waals surface area (Å²) in [7, 11) is 3.89. The summed E-state index contributed by atoms with van der Waals surface area (Å²) in [5.41, 5.74) is 5.72. The highest BCUT2D eigenvalue weighted by atomic mass is 16.6. The van der Waals surface area contributed by atoms with Crippen LogP contribution in [0.1, 0.15) is 55.9 Å². The Labute approximate surface area is 229 Å². The Morgan fingerprint density at radius 3 is 2.46 bits per heavy atom. The van der Waals surface area contributed by atoms with Crippen LogP contribution in [0.25, 0.3) is 28.2 Å². The van der Waals surface area contributed by atoms with E-state index in [-0.39, 0.29) is 5.97 Å². The fraction of sp³-hybridized carbons (Fsp3) is 0.281. The van der Waals surface area contributed by atoms with Gasteiger partial charge in [0.15, 0.2) is 0 Å². The van der Waals surface area contributed by atoms with Crippen molar-refractivity contribution in [2.45, 2.75) is 46.3 Å². The summed E-state index contributed by atoms with van der Waals surface area (Å²) in [6.07, 6.45) is 6.59. The van der Waals surface area contributed by atoms with Crippen molar-refractivity contribution in [3.05, 3.63) is 83.7 Å². The lowest BCUT2D eigenvalue weighted by Gasteiger charge is -2.20. The number of fused-ring (bicyclic) bond motifs is 1. The minimum Gasteiger partial charge on any atom is -0.456 e. The number of aliphatic imine (C=N–C) groups is 1. The molecule has 0 aliphatic carbocycles. The van der Waals surface area contributed by atoms with E-state index in [2.05, 4.69) is 40.8 Å². The maximum atomic E-state index is 12.9. The molecule has 7 heteroatoms. The molecule has 0 saturated heterocycles. The van der Waals surface area contributed by atoms with Gasteiger partial charge < -0.3 is 14.2 Å². The highest BCUT2D eigenvalue weighted by Gasteiger charge is 2.21. The van der Waals surface area contributed by atoms with Crippen LogP contribution in [0.15, 0.2) is 71.7 Å². The van der Waals surface area contributed by atoms with Crippen LogP contribution in [0.3, 0.4) is 0 Å². The van der Waals surface area contributed by atoms with Gasteiger partial charge in [0.25, 0.3) is 0 Å². The Morgan fingerprint density at radius 1 is 1.10 bits per heavy atom. The van der Waals surface area contributed by atoms with Crippen LogP contribution in [0.4, 0.5) is 11.4 Å². The molecule has 200 valence electrons. The number of esters is 1. The molecule has 0 spiro atoms. The van der Waals surface area contributed by atoms with Crippen LogP contribution in [-0.2, 0) is 16.1 Å². The van der Waals surface area contributed by atoms with Crippen molar-refractivity contribution in [1.82, 2.24) is 9.55 Å². The third-order valence-electron chi connectivity index (χ3n) is 6.18. The highest BCUT2D eigenvalue weighted by molar-refractivity contribution is 5.97. The van der Waals surface area contributed by atoms with Crippen molar-refractivity contribution in [3.8, 4) is 11.1 Å². The summed E-state index contributed by atoms with van der Waals surface area (Å²) < 4.78 is 7.76. The second kappa shape index (κ2) is 11.5. The first-order valence-electron chi connectivity index (χ1n) is 13.0. The van der Waals surface area contributed by atoms with E-state index in [9.17, 15) is 9.59 Å². The maximum Gasteiger partial charge on any atom is 0.339 e. The average molecular weight is 523 g/mol. The van der Waals surface area contributed by atoms with Gasteiger partial charge in [0.2, 0.25) is 6.08 Å². The number of benzene rings is 3. The molecule has 4 rings (SSSR count). The first-order chi connectivity index (χ1) is 18.6. The first-order valence-corrected chi connectivity index (χ1v) is 13.0. The Kier molecular flexibility index (Phi) is 8.12. The van der Waals surface area contributed by atoms with E-state index in [4.69, 9.17) is 9.72 Å². The Bertz CT molecular complexity index is 1570. The van der Waals surface area contributed by atoms with Crippen molar-refractivity contribution < 1.29 is 14.3 Å². The van der Waals surface area contributed by atoms with Crippen LogP contribution in [0, 0.1) is 0 Å². The van der Waals surface area contributed by atoms with Crippen LogP contribution in [-0.4, -0.2) is 41.3 Å². The molecule has 0 saturated carbocycles. The van der Waals surface area contributed by atoms with E-state index in [1.54, 1.807) is 12.1 Å². The molecule has 7 nitrogen and oxygen atoms in total. The van der Waals surface area contributed by atoms with Gasteiger partial charge in [0.05, 0.1) is 11.1 Å². The topological polar surface area (TPSA) is 76.8 Å². The molecule has 0 aliphatic heterocycles. The molecule has 0 bridgehead atoms. The number of imidazole rings is 1. The number of anilines is 1. The number of isocyanates is 1. The van der Waals surface area contributed by atoms with Gasteiger partial charge in [-0.15, -0.1) is 0 Å². The molecule has 4 aromatic rings. The first kappa shape index (κ1) is 27.6. The van der Waals surface area contributed by atoms with Gasteiger partial charge in [-0.25, -0.2) is 14.6 Å². The minimum absolute atomic E-state index is 0.343. The van der Waals surface area contributed by atoms with E-state index < -0.39 is 5.60 Å². The highest BCUT2D eigenvalue weighted by Crippen LogP contribution is 2.33. The molecule has 0 radical (unpaired) electrons. The minimum atomic E-state index is -0.575. The van der Waals surface area contributed by atoms with E-state index in [0.29, 0.717) is 23.3 Å². The standard InChI is InChI=1S/C32H34N4O3/c1-7-8-13-29-34-30-27(33-21-37)18-24(35(5)6)19-28(30)36(29)20-22-14-16-23(17-15-22)25-11-9-10-12-26(25)31(38)39-32(2,3)4/h8-19H,7,20H2,1-6H3/b13-8+. The third kappa shape index (κ3) is 6.33. The molecule has 1 aromatic heterocycles. The zero-order valence-corrected chi connectivity index (χ0v) is 23.4. The molecule has 3 aromatic carbocycles. The number of rotatable bonds is 8. The summed E-state index contributed by atoms with van der Waals surface area (Å²) in [6.45, 7) is 8.23. The number of hydrogen-bond donors (Lipinski definition) is 0. The molecule has 0 fully saturated rings. The summed E-state index contributed by atoms with van der Waals surface area (Å²) >= 11 is 0. The van der Waals surface area contributed by atoms with Gasteiger partial charge in [-0.05, 0) is 68.2 Å². The Balaban J connectivity index is 1.75. The van der Waals surface area contributed by atoms with Crippen molar-refractivity contribution >= 4 is 40.5 Å². The monoisotopic (exact) mass is 522 g/mol. The fourth-order valence-electron chi connectivity index (χ4n) is 4.34.